The van der Waals surface area contributed by atoms with Crippen molar-refractivity contribution < 1.29 is 18.3 Å². The lowest BCUT2D eigenvalue weighted by molar-refractivity contribution is 0.168. The number of rotatable bonds is 3. The number of hydrogen-bond donors (Lipinski definition) is 1. The fourth-order valence-corrected chi connectivity index (χ4v) is 2.18. The Hall–Kier alpha value is -1.33. The monoisotopic (exact) mass is 330 g/mol. The third kappa shape index (κ3) is 3.16. The second-order valence-corrected chi connectivity index (χ2v) is 4.96. The van der Waals surface area contributed by atoms with Crippen LogP contribution in [0.4, 0.5) is 13.2 Å². The lowest BCUT2D eigenvalue weighted by Gasteiger charge is -2.14. The summed E-state index contributed by atoms with van der Waals surface area (Å²) < 4.78 is 40.4. The number of benzene rings is 2. The van der Waals surface area contributed by atoms with E-state index in [0.29, 0.717) is 5.56 Å². The van der Waals surface area contributed by atoms with Crippen molar-refractivity contribution in [1.82, 2.24) is 0 Å². The second-order valence-electron chi connectivity index (χ2n) is 4.11. The summed E-state index contributed by atoms with van der Waals surface area (Å²) in [4.78, 5) is 0. The maximum absolute atomic E-state index is 13.8. The van der Waals surface area contributed by atoms with Crippen molar-refractivity contribution in [2.75, 3.05) is 0 Å². The van der Waals surface area contributed by atoms with Crippen molar-refractivity contribution in [2.24, 2.45) is 0 Å². The molecule has 0 saturated carbocycles. The van der Waals surface area contributed by atoms with Gasteiger partial charge in [0.05, 0.1) is 16.1 Å². The molecule has 1 N–H and O–H groups in total. The summed E-state index contributed by atoms with van der Waals surface area (Å²) in [7, 11) is 0. The molecule has 0 aliphatic heterocycles. The van der Waals surface area contributed by atoms with E-state index < -0.39 is 29.1 Å². The highest BCUT2D eigenvalue weighted by atomic mass is 79.9. The van der Waals surface area contributed by atoms with Gasteiger partial charge in [-0.25, -0.2) is 13.2 Å². The normalized spacial score (nSPS) is 12.5. The van der Waals surface area contributed by atoms with Crippen LogP contribution in [-0.4, -0.2) is 5.11 Å². The Bertz CT molecular complexity index is 601. The second kappa shape index (κ2) is 5.75. The smallest absolute Gasteiger partial charge is 0.146 e. The van der Waals surface area contributed by atoms with Crippen molar-refractivity contribution in [3.8, 4) is 0 Å². The van der Waals surface area contributed by atoms with Gasteiger partial charge < -0.3 is 5.11 Å². The Morgan fingerprint density at radius 1 is 1.11 bits per heavy atom. The van der Waals surface area contributed by atoms with Gasteiger partial charge in [0.2, 0.25) is 0 Å². The minimum absolute atomic E-state index is 0.0674. The topological polar surface area (TPSA) is 20.2 Å². The van der Waals surface area contributed by atoms with Gasteiger partial charge in [-0.1, -0.05) is 12.1 Å². The summed E-state index contributed by atoms with van der Waals surface area (Å²) in [5.74, 6) is -2.13. The van der Waals surface area contributed by atoms with Crippen molar-refractivity contribution in [3.05, 3.63) is 69.4 Å². The molecular weight excluding hydrogens is 321 g/mol. The van der Waals surface area contributed by atoms with Crippen LogP contribution in [0.1, 0.15) is 17.2 Å². The van der Waals surface area contributed by atoms with Crippen LogP contribution in [0.25, 0.3) is 0 Å². The van der Waals surface area contributed by atoms with Gasteiger partial charge in [0.1, 0.15) is 17.5 Å². The van der Waals surface area contributed by atoms with E-state index in [9.17, 15) is 18.3 Å². The molecule has 2 aromatic rings. The first-order valence-corrected chi connectivity index (χ1v) is 6.34. The van der Waals surface area contributed by atoms with E-state index >= 15 is 0 Å². The van der Waals surface area contributed by atoms with E-state index in [1.54, 1.807) is 6.07 Å². The zero-order chi connectivity index (χ0) is 14.0. The molecule has 0 fully saturated rings. The van der Waals surface area contributed by atoms with E-state index in [1.807, 2.05) is 0 Å². The van der Waals surface area contributed by atoms with Crippen molar-refractivity contribution in [1.29, 1.82) is 0 Å². The van der Waals surface area contributed by atoms with Gasteiger partial charge in [0.15, 0.2) is 0 Å². The summed E-state index contributed by atoms with van der Waals surface area (Å²) in [5, 5.41) is 9.93. The zero-order valence-electron chi connectivity index (χ0n) is 9.71. The quantitative estimate of drug-likeness (QED) is 0.838. The fraction of sp³-hybridized carbons (Fsp3) is 0.143. The predicted molar refractivity (Wildman–Crippen MR) is 69.1 cm³/mol. The predicted octanol–water partition coefficient (Wildman–Crippen LogP) is 4.14. The average Bonchev–Trinajstić information content (AvgIpc) is 2.34. The minimum Gasteiger partial charge on any atom is -0.388 e. The molecule has 0 heterocycles. The SMILES string of the molecule is OC(Cc1cccc(F)c1)c1c(F)ccc(Br)c1F. The van der Waals surface area contributed by atoms with Crippen LogP contribution >= 0.6 is 15.9 Å². The maximum atomic E-state index is 13.8. The Morgan fingerprint density at radius 2 is 1.84 bits per heavy atom. The van der Waals surface area contributed by atoms with Gasteiger partial charge >= 0.3 is 0 Å². The highest BCUT2D eigenvalue weighted by Gasteiger charge is 2.20. The number of hydrogen-bond acceptors (Lipinski definition) is 1. The molecule has 2 aromatic carbocycles. The van der Waals surface area contributed by atoms with E-state index in [2.05, 4.69) is 15.9 Å². The van der Waals surface area contributed by atoms with Crippen LogP contribution in [0.2, 0.25) is 0 Å². The lowest BCUT2D eigenvalue weighted by Crippen LogP contribution is -2.08. The number of aliphatic hydroxyl groups is 1. The Morgan fingerprint density at radius 3 is 2.53 bits per heavy atom. The molecule has 1 unspecified atom stereocenters. The Balaban J connectivity index is 2.30. The summed E-state index contributed by atoms with van der Waals surface area (Å²) in [6.07, 6.45) is -1.44. The van der Waals surface area contributed by atoms with Gasteiger partial charge in [-0.2, -0.15) is 0 Å². The standard InChI is InChI=1S/C14H10BrF3O/c15-10-4-5-11(17)13(14(10)18)12(19)7-8-2-1-3-9(16)6-8/h1-6,12,19H,7H2. The molecule has 100 valence electrons. The maximum Gasteiger partial charge on any atom is 0.146 e. The highest BCUT2D eigenvalue weighted by Crippen LogP contribution is 2.28. The van der Waals surface area contributed by atoms with E-state index in [4.69, 9.17) is 0 Å². The van der Waals surface area contributed by atoms with E-state index in [1.165, 1.54) is 24.3 Å². The molecular formula is C14H10BrF3O. The summed E-state index contributed by atoms with van der Waals surface area (Å²) in [6.45, 7) is 0. The molecule has 0 aromatic heterocycles. The molecule has 0 amide bonds. The fourth-order valence-electron chi connectivity index (χ4n) is 1.84. The first-order valence-electron chi connectivity index (χ1n) is 5.55. The minimum atomic E-state index is -1.38. The molecule has 0 aliphatic rings. The molecule has 2 rings (SSSR count). The molecule has 0 spiro atoms. The van der Waals surface area contributed by atoms with Crippen LogP contribution in [0, 0.1) is 17.5 Å². The summed E-state index contributed by atoms with van der Waals surface area (Å²) in [6, 6.07) is 7.83. The highest BCUT2D eigenvalue weighted by molar-refractivity contribution is 9.10. The van der Waals surface area contributed by atoms with Crippen molar-refractivity contribution in [3.63, 3.8) is 0 Å². The van der Waals surface area contributed by atoms with Crippen LogP contribution in [-0.2, 0) is 6.42 Å². The molecule has 5 heteroatoms. The van der Waals surface area contributed by atoms with E-state index in [-0.39, 0.29) is 10.9 Å². The van der Waals surface area contributed by atoms with Crippen LogP contribution < -0.4 is 0 Å². The van der Waals surface area contributed by atoms with Crippen LogP contribution in [0.5, 0.6) is 0 Å². The molecule has 0 bridgehead atoms. The Kier molecular flexibility index (Phi) is 4.27. The Labute approximate surface area is 116 Å². The van der Waals surface area contributed by atoms with Crippen molar-refractivity contribution in [2.45, 2.75) is 12.5 Å². The average molecular weight is 331 g/mol. The first kappa shape index (κ1) is 14.1. The third-order valence-corrected chi connectivity index (χ3v) is 3.34. The number of aliphatic hydroxyl groups excluding tert-OH is 1. The molecule has 0 radical (unpaired) electrons. The van der Waals surface area contributed by atoms with Gasteiger partial charge in [-0.3, -0.25) is 0 Å². The van der Waals surface area contributed by atoms with Crippen LogP contribution in [0.3, 0.4) is 0 Å². The molecule has 1 atom stereocenters. The number of halogens is 4. The van der Waals surface area contributed by atoms with E-state index in [0.717, 1.165) is 6.07 Å². The van der Waals surface area contributed by atoms with Gasteiger partial charge in [-0.15, -0.1) is 0 Å². The van der Waals surface area contributed by atoms with Gasteiger partial charge in [0, 0.05) is 6.42 Å². The van der Waals surface area contributed by atoms with Crippen LogP contribution in [0.15, 0.2) is 40.9 Å². The molecule has 1 nitrogen and oxygen atoms in total. The molecule has 19 heavy (non-hydrogen) atoms. The lowest BCUT2D eigenvalue weighted by atomic mass is 10.0. The summed E-state index contributed by atoms with van der Waals surface area (Å²) >= 11 is 2.93. The summed E-state index contributed by atoms with van der Waals surface area (Å²) in [5.41, 5.74) is 0.0462. The van der Waals surface area contributed by atoms with Crippen molar-refractivity contribution >= 4 is 15.9 Å². The largest absolute Gasteiger partial charge is 0.388 e. The van der Waals surface area contributed by atoms with Gasteiger partial charge in [0.25, 0.3) is 0 Å². The first-order chi connectivity index (χ1) is 8.99. The third-order valence-electron chi connectivity index (χ3n) is 2.73. The molecule has 0 aliphatic carbocycles. The van der Waals surface area contributed by atoms with Gasteiger partial charge in [-0.05, 0) is 45.8 Å². The zero-order valence-corrected chi connectivity index (χ0v) is 11.3. The molecule has 0 saturated heterocycles.